The molecule has 0 spiro atoms. The van der Waals surface area contributed by atoms with Crippen LogP contribution >= 0.6 is 11.6 Å². The van der Waals surface area contributed by atoms with Crippen LogP contribution in [-0.2, 0) is 19.4 Å². The zero-order valence-corrected chi connectivity index (χ0v) is 22.9. The van der Waals surface area contributed by atoms with Gasteiger partial charge >= 0.3 is 5.97 Å². The van der Waals surface area contributed by atoms with Gasteiger partial charge in [0.2, 0.25) is 0 Å². The SMILES string of the molecule is CCN(CC)C(=O)c1ccc(-c2cc(Cl)ccc2OCC(=O)OC(C)(C)C)cc1S(=O)(=O)C(C)C. The molecule has 0 N–H and O–H groups in total. The number of carbonyl (C=O) groups is 2. The van der Waals surface area contributed by atoms with E-state index in [1.54, 1.807) is 63.8 Å². The highest BCUT2D eigenvalue weighted by molar-refractivity contribution is 7.92. The number of ether oxygens (including phenoxy) is 2. The summed E-state index contributed by atoms with van der Waals surface area (Å²) in [5.74, 6) is -0.564. The van der Waals surface area contributed by atoms with Crippen LogP contribution in [0, 0.1) is 0 Å². The smallest absolute Gasteiger partial charge is 0.344 e. The third kappa shape index (κ3) is 7.21. The lowest BCUT2D eigenvalue weighted by atomic mass is 10.0. The fourth-order valence-corrected chi connectivity index (χ4v) is 4.83. The third-order valence-electron chi connectivity index (χ3n) is 5.21. The van der Waals surface area contributed by atoms with E-state index in [1.165, 1.54) is 12.1 Å². The van der Waals surface area contributed by atoms with Gasteiger partial charge in [-0.25, -0.2) is 13.2 Å². The zero-order chi connectivity index (χ0) is 26.6. The zero-order valence-electron chi connectivity index (χ0n) is 21.3. The monoisotopic (exact) mass is 523 g/mol. The average Bonchev–Trinajstić information content (AvgIpc) is 2.77. The Morgan fingerprint density at radius 3 is 2.20 bits per heavy atom. The summed E-state index contributed by atoms with van der Waals surface area (Å²) < 4.78 is 37.5. The van der Waals surface area contributed by atoms with Crippen molar-refractivity contribution in [2.45, 2.75) is 64.2 Å². The molecule has 0 aliphatic rings. The molecule has 192 valence electrons. The van der Waals surface area contributed by atoms with E-state index < -0.39 is 26.7 Å². The van der Waals surface area contributed by atoms with Gasteiger partial charge in [0.25, 0.3) is 5.91 Å². The van der Waals surface area contributed by atoms with Crippen LogP contribution in [-0.4, -0.2) is 55.7 Å². The maximum Gasteiger partial charge on any atom is 0.344 e. The Bertz CT molecular complexity index is 1180. The molecule has 0 aliphatic heterocycles. The van der Waals surface area contributed by atoms with Crippen LogP contribution in [0.25, 0.3) is 11.1 Å². The van der Waals surface area contributed by atoms with Crippen molar-refractivity contribution < 1.29 is 27.5 Å². The fraction of sp³-hybridized carbons (Fsp3) is 0.462. The molecule has 2 rings (SSSR count). The predicted octanol–water partition coefficient (Wildman–Crippen LogP) is 5.39. The van der Waals surface area contributed by atoms with Gasteiger partial charge in [-0.2, -0.15) is 0 Å². The molecule has 0 radical (unpaired) electrons. The van der Waals surface area contributed by atoms with E-state index in [-0.39, 0.29) is 23.0 Å². The highest BCUT2D eigenvalue weighted by atomic mass is 35.5. The van der Waals surface area contributed by atoms with Gasteiger partial charge in [0, 0.05) is 23.7 Å². The second kappa shape index (κ2) is 11.4. The predicted molar refractivity (Wildman–Crippen MR) is 138 cm³/mol. The van der Waals surface area contributed by atoms with Crippen LogP contribution in [0.5, 0.6) is 5.75 Å². The van der Waals surface area contributed by atoms with E-state index in [2.05, 4.69) is 0 Å². The Morgan fingerprint density at radius 1 is 1.03 bits per heavy atom. The molecule has 7 nitrogen and oxygen atoms in total. The minimum absolute atomic E-state index is 0.0556. The number of sulfone groups is 1. The molecule has 0 fully saturated rings. The van der Waals surface area contributed by atoms with Crippen LogP contribution in [0.2, 0.25) is 5.02 Å². The Labute approximate surface area is 213 Å². The average molecular weight is 524 g/mol. The maximum atomic E-state index is 13.3. The van der Waals surface area contributed by atoms with Crippen LogP contribution in [0.4, 0.5) is 0 Å². The van der Waals surface area contributed by atoms with Gasteiger partial charge in [0.1, 0.15) is 11.4 Å². The molecular formula is C26H34ClNO6S. The van der Waals surface area contributed by atoms with E-state index in [0.717, 1.165) is 0 Å². The maximum absolute atomic E-state index is 13.3. The van der Waals surface area contributed by atoms with Crippen molar-refractivity contribution in [2.24, 2.45) is 0 Å². The summed E-state index contributed by atoms with van der Waals surface area (Å²) >= 11 is 6.23. The normalized spacial score (nSPS) is 11.9. The lowest BCUT2D eigenvalue weighted by Gasteiger charge is -2.22. The third-order valence-corrected chi connectivity index (χ3v) is 7.64. The van der Waals surface area contributed by atoms with E-state index in [1.807, 2.05) is 13.8 Å². The summed E-state index contributed by atoms with van der Waals surface area (Å²) in [4.78, 5) is 26.8. The van der Waals surface area contributed by atoms with Crippen LogP contribution in [0.3, 0.4) is 0 Å². The molecule has 0 aromatic heterocycles. The van der Waals surface area contributed by atoms with E-state index in [4.69, 9.17) is 21.1 Å². The first kappa shape index (κ1) is 28.7. The number of nitrogens with zero attached hydrogens (tertiary/aromatic N) is 1. The Hall–Kier alpha value is -2.58. The highest BCUT2D eigenvalue weighted by Gasteiger charge is 2.28. The van der Waals surface area contributed by atoms with Crippen molar-refractivity contribution in [2.75, 3.05) is 19.7 Å². The summed E-state index contributed by atoms with van der Waals surface area (Å²) in [7, 11) is -3.80. The number of rotatable bonds is 9. The molecular weight excluding hydrogens is 490 g/mol. The quantitative estimate of drug-likeness (QED) is 0.409. The van der Waals surface area contributed by atoms with Crippen LogP contribution < -0.4 is 4.74 Å². The number of halogens is 1. The molecule has 0 atom stereocenters. The van der Waals surface area contributed by atoms with Gasteiger partial charge in [-0.1, -0.05) is 17.7 Å². The second-order valence-electron chi connectivity index (χ2n) is 9.30. The van der Waals surface area contributed by atoms with E-state index >= 15 is 0 Å². The van der Waals surface area contributed by atoms with Gasteiger partial charge in [0.05, 0.1) is 15.7 Å². The lowest BCUT2D eigenvalue weighted by molar-refractivity contribution is -0.157. The molecule has 2 aromatic carbocycles. The molecule has 0 aliphatic carbocycles. The number of hydrogen-bond donors (Lipinski definition) is 0. The van der Waals surface area contributed by atoms with Gasteiger partial charge in [-0.3, -0.25) is 4.79 Å². The summed E-state index contributed by atoms with van der Waals surface area (Å²) in [6, 6.07) is 9.48. The molecule has 0 bridgehead atoms. The van der Waals surface area contributed by atoms with Crippen LogP contribution in [0.1, 0.15) is 58.8 Å². The van der Waals surface area contributed by atoms with Gasteiger partial charge < -0.3 is 14.4 Å². The number of benzene rings is 2. The number of hydrogen-bond acceptors (Lipinski definition) is 6. The lowest BCUT2D eigenvalue weighted by Crippen LogP contribution is -2.32. The molecule has 2 aromatic rings. The van der Waals surface area contributed by atoms with E-state index in [0.29, 0.717) is 35.0 Å². The van der Waals surface area contributed by atoms with Gasteiger partial charge in [0.15, 0.2) is 16.4 Å². The summed E-state index contributed by atoms with van der Waals surface area (Å²) in [5.41, 5.74) is 0.436. The van der Waals surface area contributed by atoms with E-state index in [9.17, 15) is 18.0 Å². The summed E-state index contributed by atoms with van der Waals surface area (Å²) in [5, 5.41) is -0.329. The molecule has 0 saturated carbocycles. The molecule has 9 heteroatoms. The Kier molecular flexibility index (Phi) is 9.36. The van der Waals surface area contributed by atoms with Crippen LogP contribution in [0.15, 0.2) is 41.3 Å². The van der Waals surface area contributed by atoms with Gasteiger partial charge in [-0.05, 0) is 84.4 Å². The largest absolute Gasteiger partial charge is 0.481 e. The van der Waals surface area contributed by atoms with Crippen molar-refractivity contribution in [1.82, 2.24) is 4.90 Å². The Morgan fingerprint density at radius 2 is 1.66 bits per heavy atom. The molecule has 0 heterocycles. The molecule has 0 unspecified atom stereocenters. The topological polar surface area (TPSA) is 90.0 Å². The fourth-order valence-electron chi connectivity index (χ4n) is 3.40. The summed E-state index contributed by atoms with van der Waals surface area (Å²) in [6.07, 6.45) is 0. The summed E-state index contributed by atoms with van der Waals surface area (Å²) in [6.45, 7) is 12.7. The highest BCUT2D eigenvalue weighted by Crippen LogP contribution is 2.36. The first-order valence-corrected chi connectivity index (χ1v) is 13.5. The number of amides is 1. The van der Waals surface area contributed by atoms with Crippen molar-refractivity contribution >= 4 is 33.3 Å². The minimum Gasteiger partial charge on any atom is -0.481 e. The van der Waals surface area contributed by atoms with Crippen molar-refractivity contribution in [3.8, 4) is 16.9 Å². The minimum atomic E-state index is -3.80. The Balaban J connectivity index is 2.60. The van der Waals surface area contributed by atoms with Crippen molar-refractivity contribution in [1.29, 1.82) is 0 Å². The van der Waals surface area contributed by atoms with Crippen molar-refractivity contribution in [3.05, 3.63) is 47.0 Å². The first-order chi connectivity index (χ1) is 16.2. The number of carbonyl (C=O) groups excluding carboxylic acids is 2. The molecule has 1 amide bonds. The molecule has 0 saturated heterocycles. The van der Waals surface area contributed by atoms with Gasteiger partial charge in [-0.15, -0.1) is 0 Å². The van der Waals surface area contributed by atoms with Crippen molar-refractivity contribution in [3.63, 3.8) is 0 Å². The first-order valence-electron chi connectivity index (χ1n) is 11.5. The standard InChI is InChI=1S/C26H34ClNO6S/c1-8-28(9-2)25(30)20-12-10-18(14-23(20)35(31,32)17(3)4)21-15-19(27)11-13-22(21)33-16-24(29)34-26(5,6)7/h10-15,17H,8-9,16H2,1-7H3. The molecule has 35 heavy (non-hydrogen) atoms. The second-order valence-corrected chi connectivity index (χ2v) is 12.2. The number of esters is 1.